The molecule has 0 saturated carbocycles. The number of benzene rings is 3. The number of hydrogen-bond acceptors (Lipinski definition) is 6. The van der Waals surface area contributed by atoms with Crippen molar-refractivity contribution in [2.24, 2.45) is 0 Å². The molecule has 0 aliphatic carbocycles. The average molecular weight is 494 g/mol. The number of para-hydroxylation sites is 1. The third-order valence-corrected chi connectivity index (χ3v) is 6.69. The van der Waals surface area contributed by atoms with Crippen LogP contribution >= 0.6 is 11.3 Å². The Labute approximate surface area is 212 Å². The zero-order chi connectivity index (χ0) is 25.5. The summed E-state index contributed by atoms with van der Waals surface area (Å²) < 4.78 is 13.6. The van der Waals surface area contributed by atoms with Crippen LogP contribution < -0.4 is 24.2 Å². The van der Waals surface area contributed by atoms with Crippen molar-refractivity contribution in [2.45, 2.75) is 20.0 Å². The number of aromatic nitrogens is 1. The molecular weight excluding hydrogens is 470 g/mol. The molecule has 0 N–H and O–H groups in total. The van der Waals surface area contributed by atoms with E-state index in [-0.39, 0.29) is 11.1 Å². The first-order valence-corrected chi connectivity index (χ1v) is 12.1. The molecule has 1 aromatic heterocycles. The third-order valence-electron chi connectivity index (χ3n) is 5.60. The van der Waals surface area contributed by atoms with Crippen LogP contribution in [-0.2, 0) is 13.0 Å². The van der Waals surface area contributed by atoms with Gasteiger partial charge < -0.3 is 9.47 Å². The van der Waals surface area contributed by atoms with Gasteiger partial charge in [-0.25, -0.2) is 0 Å². The number of thiazole rings is 1. The second-order valence-electron chi connectivity index (χ2n) is 7.82. The van der Waals surface area contributed by atoms with Crippen LogP contribution in [0, 0.1) is 22.7 Å². The summed E-state index contributed by atoms with van der Waals surface area (Å²) in [5.74, 6) is 1.12. The number of nitrogens with zero attached hydrogens (tertiary/aromatic N) is 3. The first-order chi connectivity index (χ1) is 17.6. The van der Waals surface area contributed by atoms with E-state index in [2.05, 4.69) is 0 Å². The summed E-state index contributed by atoms with van der Waals surface area (Å²) in [6.07, 6.45) is 2.44. The zero-order valence-corrected chi connectivity index (χ0v) is 20.7. The molecule has 0 fully saturated rings. The van der Waals surface area contributed by atoms with Gasteiger partial charge in [0.1, 0.15) is 23.4 Å². The summed E-state index contributed by atoms with van der Waals surface area (Å²) in [4.78, 5) is 13.6. The molecular formula is C29H23N3O3S. The Morgan fingerprint density at radius 3 is 2.42 bits per heavy atom. The van der Waals surface area contributed by atoms with E-state index >= 15 is 0 Å². The van der Waals surface area contributed by atoms with Gasteiger partial charge in [0.05, 0.1) is 17.3 Å². The third kappa shape index (κ3) is 5.07. The predicted molar refractivity (Wildman–Crippen MR) is 141 cm³/mol. The lowest BCUT2D eigenvalue weighted by Crippen LogP contribution is -2.31. The second kappa shape index (κ2) is 11.2. The summed E-state index contributed by atoms with van der Waals surface area (Å²) in [6, 6.07) is 26.6. The number of methoxy groups -OCH3 is 1. The van der Waals surface area contributed by atoms with Crippen LogP contribution in [0.2, 0.25) is 0 Å². The summed E-state index contributed by atoms with van der Waals surface area (Å²) in [5.41, 5.74) is 2.97. The molecule has 6 nitrogen and oxygen atoms in total. The molecule has 0 amide bonds. The highest BCUT2D eigenvalue weighted by Gasteiger charge is 2.14. The lowest BCUT2D eigenvalue weighted by Gasteiger charge is -2.11. The maximum Gasteiger partial charge on any atom is 0.273 e. The van der Waals surface area contributed by atoms with Crippen molar-refractivity contribution in [3.8, 4) is 29.3 Å². The number of hydrogen-bond donors (Lipinski definition) is 0. The fourth-order valence-corrected chi connectivity index (χ4v) is 4.85. The Bertz CT molecular complexity index is 1640. The second-order valence-corrected chi connectivity index (χ2v) is 8.85. The van der Waals surface area contributed by atoms with Crippen LogP contribution in [0.4, 0.5) is 0 Å². The molecule has 1 heterocycles. The first kappa shape index (κ1) is 24.5. The quantitative estimate of drug-likeness (QED) is 0.387. The highest BCUT2D eigenvalue weighted by Crippen LogP contribution is 2.29. The minimum absolute atomic E-state index is 0.107. The van der Waals surface area contributed by atoms with Crippen LogP contribution in [0.5, 0.6) is 11.5 Å². The summed E-state index contributed by atoms with van der Waals surface area (Å²) in [6.45, 7) is 2.36. The summed E-state index contributed by atoms with van der Waals surface area (Å²) in [7, 11) is 1.57. The molecule has 0 saturated heterocycles. The minimum Gasteiger partial charge on any atom is -0.493 e. The first-order valence-electron chi connectivity index (χ1n) is 11.3. The molecule has 0 spiro atoms. The van der Waals surface area contributed by atoms with Gasteiger partial charge in [-0.1, -0.05) is 61.5 Å². The fourth-order valence-electron chi connectivity index (χ4n) is 3.80. The van der Waals surface area contributed by atoms with Crippen molar-refractivity contribution in [1.29, 1.82) is 10.5 Å². The number of nitriles is 2. The molecule has 36 heavy (non-hydrogen) atoms. The Kier molecular flexibility index (Phi) is 7.65. The van der Waals surface area contributed by atoms with Crippen LogP contribution in [0.1, 0.15) is 23.6 Å². The van der Waals surface area contributed by atoms with Gasteiger partial charge in [-0.15, -0.1) is 11.3 Å². The molecule has 0 aliphatic heterocycles. The Morgan fingerprint density at radius 1 is 1.00 bits per heavy atom. The van der Waals surface area contributed by atoms with E-state index in [1.807, 2.05) is 85.8 Å². The number of ether oxygens (including phenoxy) is 2. The lowest BCUT2D eigenvalue weighted by molar-refractivity contribution is 0.284. The molecule has 4 aromatic rings. The summed E-state index contributed by atoms with van der Waals surface area (Å²) in [5, 5.41) is 19.1. The average Bonchev–Trinajstić information content (AvgIpc) is 3.23. The largest absolute Gasteiger partial charge is 0.493 e. The van der Waals surface area contributed by atoms with Crippen molar-refractivity contribution in [3.63, 3.8) is 0 Å². The standard InChI is InChI=1S/C29H23N3O3S/c1-3-22-11-7-8-12-24(22)32-28(33)27(36-29(32)23(17-30)18-31)16-21-13-14-25(34-2)26(15-21)35-19-20-9-5-4-6-10-20/h4-16H,3,19H2,1-2H3/b27-16+. The highest BCUT2D eigenvalue weighted by molar-refractivity contribution is 7.07. The van der Waals surface area contributed by atoms with E-state index in [1.54, 1.807) is 19.3 Å². The van der Waals surface area contributed by atoms with Crippen molar-refractivity contribution in [3.05, 3.63) is 109 Å². The van der Waals surface area contributed by atoms with E-state index in [0.717, 1.165) is 28.0 Å². The van der Waals surface area contributed by atoms with E-state index in [4.69, 9.17) is 9.47 Å². The van der Waals surface area contributed by atoms with Crippen LogP contribution in [0.3, 0.4) is 0 Å². The monoisotopic (exact) mass is 493 g/mol. The van der Waals surface area contributed by atoms with E-state index in [0.29, 0.717) is 39.4 Å². The van der Waals surface area contributed by atoms with Crippen LogP contribution in [-0.4, -0.2) is 11.7 Å². The Balaban J connectivity index is 1.86. The molecule has 4 rings (SSSR count). The highest BCUT2D eigenvalue weighted by atomic mass is 32.1. The van der Waals surface area contributed by atoms with Gasteiger partial charge in [-0.3, -0.25) is 9.36 Å². The van der Waals surface area contributed by atoms with E-state index in [1.165, 1.54) is 4.57 Å². The number of rotatable bonds is 7. The van der Waals surface area contributed by atoms with Crippen LogP contribution in [0.15, 0.2) is 77.6 Å². The molecule has 0 bridgehead atoms. The topological polar surface area (TPSA) is 88.0 Å². The van der Waals surface area contributed by atoms with Crippen LogP contribution in [0.25, 0.3) is 17.3 Å². The predicted octanol–water partition coefficient (Wildman–Crippen LogP) is 4.08. The van der Waals surface area contributed by atoms with Crippen molar-refractivity contribution < 1.29 is 9.47 Å². The van der Waals surface area contributed by atoms with E-state index in [9.17, 15) is 15.3 Å². The van der Waals surface area contributed by atoms with Gasteiger partial charge in [-0.05, 0) is 47.4 Å². The van der Waals surface area contributed by atoms with Crippen molar-refractivity contribution in [1.82, 2.24) is 4.57 Å². The maximum atomic E-state index is 13.6. The molecule has 3 aromatic carbocycles. The van der Waals surface area contributed by atoms with Crippen molar-refractivity contribution >= 4 is 23.0 Å². The summed E-state index contributed by atoms with van der Waals surface area (Å²) >= 11 is 1.12. The van der Waals surface area contributed by atoms with Crippen molar-refractivity contribution in [2.75, 3.05) is 7.11 Å². The molecule has 0 atom stereocenters. The number of aryl methyl sites for hydroxylation is 1. The smallest absolute Gasteiger partial charge is 0.273 e. The molecule has 0 radical (unpaired) electrons. The molecule has 7 heteroatoms. The van der Waals surface area contributed by atoms with Gasteiger partial charge >= 0.3 is 0 Å². The molecule has 178 valence electrons. The van der Waals surface area contributed by atoms with Gasteiger partial charge in [0, 0.05) is 0 Å². The fraction of sp³-hybridized carbons (Fsp3) is 0.138. The van der Waals surface area contributed by atoms with Gasteiger partial charge in [0.15, 0.2) is 17.1 Å². The molecule has 0 unspecified atom stereocenters. The zero-order valence-electron chi connectivity index (χ0n) is 19.9. The molecule has 0 aliphatic rings. The SMILES string of the molecule is CCc1ccccc1-n1c(=C(C#N)C#N)s/c(=C/c2ccc(OC)c(OCc3ccccc3)c2)c1=O. The normalized spacial score (nSPS) is 10.9. The van der Waals surface area contributed by atoms with Gasteiger partial charge in [0.2, 0.25) is 0 Å². The Morgan fingerprint density at radius 2 is 1.72 bits per heavy atom. The van der Waals surface area contributed by atoms with E-state index < -0.39 is 0 Å². The maximum absolute atomic E-state index is 13.6. The minimum atomic E-state index is -0.290. The lowest BCUT2D eigenvalue weighted by atomic mass is 10.1. The van der Waals surface area contributed by atoms with Gasteiger partial charge in [0.25, 0.3) is 5.56 Å². The Hall–Kier alpha value is -4.59. The van der Waals surface area contributed by atoms with Gasteiger partial charge in [-0.2, -0.15) is 10.5 Å².